The number of para-hydroxylation sites is 1. The van der Waals surface area contributed by atoms with Crippen LogP contribution in [-0.4, -0.2) is 28.9 Å². The minimum absolute atomic E-state index is 0.0198. The molecule has 5 heteroatoms. The van der Waals surface area contributed by atoms with Crippen LogP contribution in [0, 0.1) is 6.92 Å². The molecule has 2 aromatic heterocycles. The highest BCUT2D eigenvalue weighted by molar-refractivity contribution is 7.09. The fourth-order valence-corrected chi connectivity index (χ4v) is 3.35. The topological polar surface area (TPSA) is 42.4 Å². The number of aromatic nitrogens is 1. The molecule has 4 nitrogen and oxygen atoms in total. The molecular formula is C21H22N2O2S. The van der Waals surface area contributed by atoms with Crippen molar-refractivity contribution in [1.82, 2.24) is 9.88 Å². The van der Waals surface area contributed by atoms with Crippen LogP contribution in [-0.2, 0) is 17.8 Å². The van der Waals surface area contributed by atoms with Gasteiger partial charge in [-0.2, -0.15) is 0 Å². The van der Waals surface area contributed by atoms with Gasteiger partial charge < -0.3 is 9.64 Å². The number of carbonyl (C=O) groups excluding carboxylic acids is 1. The maximum atomic E-state index is 12.8. The van der Waals surface area contributed by atoms with Crippen LogP contribution in [0.25, 0.3) is 0 Å². The van der Waals surface area contributed by atoms with E-state index in [4.69, 9.17) is 4.74 Å². The zero-order valence-corrected chi connectivity index (χ0v) is 15.6. The van der Waals surface area contributed by atoms with Crippen molar-refractivity contribution in [3.63, 3.8) is 0 Å². The largest absolute Gasteiger partial charge is 0.484 e. The Morgan fingerprint density at radius 3 is 2.77 bits per heavy atom. The summed E-state index contributed by atoms with van der Waals surface area (Å²) in [6, 6.07) is 15.7. The third-order valence-electron chi connectivity index (χ3n) is 4.10. The van der Waals surface area contributed by atoms with Crippen molar-refractivity contribution in [3.8, 4) is 5.75 Å². The lowest BCUT2D eigenvalue weighted by Crippen LogP contribution is -2.36. The molecule has 0 atom stereocenters. The van der Waals surface area contributed by atoms with E-state index in [1.807, 2.05) is 54.3 Å². The molecule has 0 unspecified atom stereocenters. The van der Waals surface area contributed by atoms with Gasteiger partial charge in [-0.1, -0.05) is 30.3 Å². The van der Waals surface area contributed by atoms with Gasteiger partial charge in [0.1, 0.15) is 5.75 Å². The van der Waals surface area contributed by atoms with Crippen LogP contribution in [0.4, 0.5) is 0 Å². The molecule has 1 amide bonds. The van der Waals surface area contributed by atoms with E-state index in [0.29, 0.717) is 13.1 Å². The van der Waals surface area contributed by atoms with Gasteiger partial charge in [0.25, 0.3) is 5.91 Å². The van der Waals surface area contributed by atoms with Crippen LogP contribution in [0.2, 0.25) is 0 Å². The third kappa shape index (κ3) is 5.17. The smallest absolute Gasteiger partial charge is 0.260 e. The van der Waals surface area contributed by atoms with Gasteiger partial charge in [0.15, 0.2) is 6.61 Å². The molecule has 26 heavy (non-hydrogen) atoms. The molecule has 0 N–H and O–H groups in total. The molecule has 134 valence electrons. The van der Waals surface area contributed by atoms with Gasteiger partial charge in [0, 0.05) is 30.4 Å². The monoisotopic (exact) mass is 366 g/mol. The molecule has 0 bridgehead atoms. The first kappa shape index (κ1) is 18.1. The van der Waals surface area contributed by atoms with Gasteiger partial charge in [0.05, 0.1) is 0 Å². The zero-order chi connectivity index (χ0) is 18.2. The predicted molar refractivity (Wildman–Crippen MR) is 104 cm³/mol. The lowest BCUT2D eigenvalue weighted by Gasteiger charge is -2.23. The average Bonchev–Trinajstić information content (AvgIpc) is 3.18. The lowest BCUT2D eigenvalue weighted by molar-refractivity contribution is -0.134. The number of ether oxygens (including phenoxy) is 1. The summed E-state index contributed by atoms with van der Waals surface area (Å²) in [6.45, 7) is 3.21. The molecule has 0 aliphatic rings. The second-order valence-corrected chi connectivity index (χ2v) is 7.09. The van der Waals surface area contributed by atoms with E-state index in [1.54, 1.807) is 23.7 Å². The third-order valence-corrected chi connectivity index (χ3v) is 5.04. The van der Waals surface area contributed by atoms with Crippen molar-refractivity contribution in [2.75, 3.05) is 13.2 Å². The number of hydrogen-bond acceptors (Lipinski definition) is 4. The Morgan fingerprint density at radius 1 is 1.15 bits per heavy atom. The molecule has 0 saturated carbocycles. The van der Waals surface area contributed by atoms with Crippen LogP contribution in [0.15, 0.2) is 66.3 Å². The number of carbonyl (C=O) groups is 1. The van der Waals surface area contributed by atoms with Gasteiger partial charge in [-0.3, -0.25) is 9.78 Å². The van der Waals surface area contributed by atoms with Crippen LogP contribution in [0.5, 0.6) is 5.75 Å². The summed E-state index contributed by atoms with van der Waals surface area (Å²) in [6.07, 6.45) is 4.38. The minimum atomic E-state index is -0.0198. The summed E-state index contributed by atoms with van der Waals surface area (Å²) in [5.74, 6) is 0.731. The molecule has 3 aromatic rings. The molecule has 3 rings (SSSR count). The summed E-state index contributed by atoms with van der Waals surface area (Å²) in [5.41, 5.74) is 2.04. The highest BCUT2D eigenvalue weighted by Gasteiger charge is 2.16. The van der Waals surface area contributed by atoms with E-state index in [-0.39, 0.29) is 12.5 Å². The first-order chi connectivity index (χ1) is 12.7. The molecule has 0 saturated heterocycles. The van der Waals surface area contributed by atoms with E-state index in [0.717, 1.165) is 23.3 Å². The van der Waals surface area contributed by atoms with Crippen LogP contribution >= 0.6 is 11.3 Å². The van der Waals surface area contributed by atoms with Crippen molar-refractivity contribution in [2.45, 2.75) is 19.9 Å². The summed E-state index contributed by atoms with van der Waals surface area (Å²) in [7, 11) is 0. The summed E-state index contributed by atoms with van der Waals surface area (Å²) in [5, 5.41) is 2.06. The van der Waals surface area contributed by atoms with E-state index >= 15 is 0 Å². The normalized spacial score (nSPS) is 10.5. The molecule has 0 radical (unpaired) electrons. The second kappa shape index (κ2) is 9.15. The van der Waals surface area contributed by atoms with E-state index in [1.165, 1.54) is 4.88 Å². The van der Waals surface area contributed by atoms with Gasteiger partial charge in [-0.05, 0) is 48.1 Å². The van der Waals surface area contributed by atoms with Gasteiger partial charge in [-0.15, -0.1) is 11.3 Å². The Morgan fingerprint density at radius 2 is 2.04 bits per heavy atom. The predicted octanol–water partition coefficient (Wildman–Crippen LogP) is 4.10. The first-order valence-electron chi connectivity index (χ1n) is 8.60. The van der Waals surface area contributed by atoms with E-state index in [9.17, 15) is 4.79 Å². The Labute approximate surface area is 158 Å². The highest BCUT2D eigenvalue weighted by atomic mass is 32.1. The fourth-order valence-electron chi connectivity index (χ4n) is 2.65. The van der Waals surface area contributed by atoms with Crippen molar-refractivity contribution in [3.05, 3.63) is 82.3 Å². The van der Waals surface area contributed by atoms with Crippen molar-refractivity contribution >= 4 is 17.2 Å². The SMILES string of the molecule is Cc1ccccc1OCC(=O)N(CCc1cccs1)Cc1cccnc1. The fraction of sp³-hybridized carbons (Fsp3) is 0.238. The highest BCUT2D eigenvalue weighted by Crippen LogP contribution is 2.17. The molecule has 0 aliphatic carbocycles. The Bertz CT molecular complexity index is 819. The maximum absolute atomic E-state index is 12.8. The Balaban J connectivity index is 1.64. The molecule has 0 aliphatic heterocycles. The van der Waals surface area contributed by atoms with Crippen LogP contribution in [0.1, 0.15) is 16.0 Å². The molecule has 0 fully saturated rings. The Kier molecular flexibility index (Phi) is 6.39. The van der Waals surface area contributed by atoms with E-state index in [2.05, 4.69) is 16.4 Å². The summed E-state index contributed by atoms with van der Waals surface area (Å²) < 4.78 is 5.75. The van der Waals surface area contributed by atoms with Crippen molar-refractivity contribution in [1.29, 1.82) is 0 Å². The summed E-state index contributed by atoms with van der Waals surface area (Å²) >= 11 is 1.71. The van der Waals surface area contributed by atoms with Crippen molar-refractivity contribution < 1.29 is 9.53 Å². The average molecular weight is 366 g/mol. The first-order valence-corrected chi connectivity index (χ1v) is 9.48. The second-order valence-electron chi connectivity index (χ2n) is 6.06. The quantitative estimate of drug-likeness (QED) is 0.603. The maximum Gasteiger partial charge on any atom is 0.260 e. The standard InChI is InChI=1S/C21H22N2O2S/c1-17-6-2-3-9-20(17)25-16-21(24)23(12-10-19-8-5-13-26-19)15-18-7-4-11-22-14-18/h2-9,11,13-14H,10,12,15-16H2,1H3. The zero-order valence-electron chi connectivity index (χ0n) is 14.8. The molecule has 2 heterocycles. The van der Waals surface area contributed by atoms with Gasteiger partial charge in [-0.25, -0.2) is 0 Å². The summed E-state index contributed by atoms with van der Waals surface area (Å²) in [4.78, 5) is 20.0. The van der Waals surface area contributed by atoms with Crippen molar-refractivity contribution in [2.24, 2.45) is 0 Å². The van der Waals surface area contributed by atoms with Gasteiger partial charge in [0.2, 0.25) is 0 Å². The number of thiophene rings is 1. The van der Waals surface area contributed by atoms with E-state index < -0.39 is 0 Å². The molecule has 1 aromatic carbocycles. The van der Waals surface area contributed by atoms with Crippen LogP contribution < -0.4 is 4.74 Å². The minimum Gasteiger partial charge on any atom is -0.484 e. The number of hydrogen-bond donors (Lipinski definition) is 0. The number of rotatable bonds is 8. The number of amides is 1. The Hall–Kier alpha value is -2.66. The number of pyridine rings is 1. The van der Waals surface area contributed by atoms with Gasteiger partial charge >= 0.3 is 0 Å². The number of aryl methyl sites for hydroxylation is 1. The number of nitrogens with zero attached hydrogens (tertiary/aromatic N) is 2. The lowest BCUT2D eigenvalue weighted by atomic mass is 10.2. The molecule has 0 spiro atoms. The molecular weight excluding hydrogens is 344 g/mol. The van der Waals surface area contributed by atoms with Crippen LogP contribution in [0.3, 0.4) is 0 Å². The number of benzene rings is 1.